The minimum absolute atomic E-state index is 0.0422. The Morgan fingerprint density at radius 3 is 2.64 bits per heavy atom. The second kappa shape index (κ2) is 6.78. The molecule has 142 valence electrons. The number of aromatic amines is 1. The number of carbonyl (C=O) groups is 1. The molecule has 1 spiro atoms. The number of nitrogens with zero attached hydrogens (tertiary/aromatic N) is 4. The highest BCUT2D eigenvalue weighted by Crippen LogP contribution is 2.43. The Morgan fingerprint density at radius 1 is 1.04 bits per heavy atom. The van der Waals surface area contributed by atoms with E-state index < -0.39 is 0 Å². The van der Waals surface area contributed by atoms with Gasteiger partial charge in [-0.1, -0.05) is 24.3 Å². The van der Waals surface area contributed by atoms with Crippen molar-refractivity contribution in [2.45, 2.75) is 24.8 Å². The average Bonchev–Trinajstić information content (AvgIpc) is 3.29. The number of hydrogen-bond donors (Lipinski definition) is 1. The summed E-state index contributed by atoms with van der Waals surface area (Å²) in [6.45, 7) is 3.38. The number of imidazole rings is 1. The predicted octanol–water partition coefficient (Wildman–Crippen LogP) is 3.00. The minimum Gasteiger partial charge on any atom is -0.365 e. The molecular weight excluding hydrogens is 350 g/mol. The van der Waals surface area contributed by atoms with Gasteiger partial charge in [0.15, 0.2) is 0 Å². The fourth-order valence-electron chi connectivity index (χ4n) is 4.72. The van der Waals surface area contributed by atoms with Crippen LogP contribution in [0.1, 0.15) is 34.5 Å². The zero-order chi connectivity index (χ0) is 19.0. The normalized spacial score (nSPS) is 18.1. The second-order valence-corrected chi connectivity index (χ2v) is 7.76. The molecule has 1 fully saturated rings. The van der Waals surface area contributed by atoms with Gasteiger partial charge >= 0.3 is 0 Å². The lowest BCUT2D eigenvalue weighted by molar-refractivity contribution is 0.0659. The Balaban J connectivity index is 1.43. The summed E-state index contributed by atoms with van der Waals surface area (Å²) < 4.78 is 0. The molecule has 28 heavy (non-hydrogen) atoms. The quantitative estimate of drug-likeness (QED) is 0.750. The smallest absolute Gasteiger partial charge is 0.271 e. The molecule has 5 rings (SSSR count). The number of H-pyrrole nitrogens is 1. The van der Waals surface area contributed by atoms with Crippen LogP contribution in [0, 0.1) is 0 Å². The Morgan fingerprint density at radius 2 is 1.89 bits per heavy atom. The molecule has 0 unspecified atom stereocenters. The van der Waals surface area contributed by atoms with Gasteiger partial charge in [0.2, 0.25) is 0 Å². The Labute approximate surface area is 164 Å². The summed E-state index contributed by atoms with van der Waals surface area (Å²) >= 11 is 0. The molecule has 0 saturated carbocycles. The van der Waals surface area contributed by atoms with Crippen molar-refractivity contribution >= 4 is 11.6 Å². The van der Waals surface area contributed by atoms with Crippen molar-refractivity contribution in [3.63, 3.8) is 0 Å². The molecule has 4 heterocycles. The van der Waals surface area contributed by atoms with Crippen LogP contribution in [-0.2, 0) is 12.0 Å². The van der Waals surface area contributed by atoms with Crippen LogP contribution in [0.4, 0.5) is 5.69 Å². The van der Waals surface area contributed by atoms with Crippen LogP contribution in [0.15, 0.2) is 61.3 Å². The third kappa shape index (κ3) is 2.85. The molecule has 1 amide bonds. The number of likely N-dealkylation sites (tertiary alicyclic amines) is 1. The number of piperidine rings is 1. The zero-order valence-electron chi connectivity index (χ0n) is 15.7. The predicted molar refractivity (Wildman–Crippen MR) is 107 cm³/mol. The topological polar surface area (TPSA) is 65.1 Å². The Hall–Kier alpha value is -3.15. The lowest BCUT2D eigenvalue weighted by Gasteiger charge is -2.49. The molecule has 1 saturated heterocycles. The largest absolute Gasteiger partial charge is 0.365 e. The molecular formula is C22H23N5O. The van der Waals surface area contributed by atoms with E-state index in [9.17, 15) is 4.79 Å². The molecule has 6 nitrogen and oxygen atoms in total. The summed E-state index contributed by atoms with van der Waals surface area (Å²) in [6.07, 6.45) is 8.84. The van der Waals surface area contributed by atoms with Gasteiger partial charge in [0.1, 0.15) is 5.69 Å². The van der Waals surface area contributed by atoms with Gasteiger partial charge in [0.05, 0.1) is 24.4 Å². The number of rotatable bonds is 2. The summed E-state index contributed by atoms with van der Waals surface area (Å²) in [6, 6.07) is 12.9. The van der Waals surface area contributed by atoms with Gasteiger partial charge < -0.3 is 14.8 Å². The van der Waals surface area contributed by atoms with E-state index in [2.05, 4.69) is 50.2 Å². The van der Waals surface area contributed by atoms with E-state index in [1.54, 1.807) is 12.5 Å². The number of pyridine rings is 1. The molecule has 0 radical (unpaired) electrons. The maximum atomic E-state index is 12.7. The van der Waals surface area contributed by atoms with Crippen molar-refractivity contribution in [3.05, 3.63) is 78.1 Å². The van der Waals surface area contributed by atoms with Gasteiger partial charge in [0, 0.05) is 37.8 Å². The summed E-state index contributed by atoms with van der Waals surface area (Å²) in [5.41, 5.74) is 4.62. The summed E-state index contributed by atoms with van der Waals surface area (Å²) in [5.74, 6) is 0.0422. The van der Waals surface area contributed by atoms with Gasteiger partial charge in [-0.3, -0.25) is 9.78 Å². The van der Waals surface area contributed by atoms with Crippen molar-refractivity contribution < 1.29 is 4.79 Å². The average molecular weight is 373 g/mol. The van der Waals surface area contributed by atoms with E-state index in [1.165, 1.54) is 11.1 Å². The number of carbonyl (C=O) groups excluding carboxylic acids is 1. The van der Waals surface area contributed by atoms with Gasteiger partial charge in [-0.25, -0.2) is 4.98 Å². The first-order valence-corrected chi connectivity index (χ1v) is 9.76. The van der Waals surface area contributed by atoms with Crippen LogP contribution in [0.2, 0.25) is 0 Å². The van der Waals surface area contributed by atoms with Crippen LogP contribution in [0.25, 0.3) is 0 Å². The molecule has 6 heteroatoms. The molecule has 1 N–H and O–H groups in total. The number of nitrogens with one attached hydrogen (secondary N) is 1. The number of fused-ring (bicyclic) bond motifs is 2. The van der Waals surface area contributed by atoms with E-state index in [0.29, 0.717) is 5.69 Å². The van der Waals surface area contributed by atoms with Crippen molar-refractivity contribution in [1.29, 1.82) is 0 Å². The number of amides is 1. The van der Waals surface area contributed by atoms with E-state index in [1.807, 2.05) is 23.4 Å². The monoisotopic (exact) mass is 373 g/mol. The summed E-state index contributed by atoms with van der Waals surface area (Å²) in [4.78, 5) is 28.3. The zero-order valence-corrected chi connectivity index (χ0v) is 15.7. The maximum absolute atomic E-state index is 12.7. The Bertz CT molecular complexity index is 962. The highest BCUT2D eigenvalue weighted by atomic mass is 16.2. The molecule has 2 aliphatic rings. The van der Waals surface area contributed by atoms with Crippen molar-refractivity contribution in [1.82, 2.24) is 19.9 Å². The van der Waals surface area contributed by atoms with Crippen LogP contribution >= 0.6 is 0 Å². The number of hydrogen-bond acceptors (Lipinski definition) is 4. The van der Waals surface area contributed by atoms with Gasteiger partial charge in [-0.05, 0) is 36.1 Å². The molecule has 2 aromatic heterocycles. The molecule has 0 atom stereocenters. The first-order chi connectivity index (χ1) is 13.8. The van der Waals surface area contributed by atoms with Crippen LogP contribution in [0.5, 0.6) is 0 Å². The lowest BCUT2D eigenvalue weighted by Crippen LogP contribution is -2.53. The van der Waals surface area contributed by atoms with E-state index in [0.717, 1.165) is 44.7 Å². The van der Waals surface area contributed by atoms with Crippen molar-refractivity contribution in [3.8, 4) is 0 Å². The molecule has 2 aliphatic heterocycles. The summed E-state index contributed by atoms with van der Waals surface area (Å²) in [5, 5.41) is 0. The first-order valence-electron chi connectivity index (χ1n) is 9.76. The van der Waals surface area contributed by atoms with Crippen molar-refractivity contribution in [2.24, 2.45) is 0 Å². The maximum Gasteiger partial charge on any atom is 0.271 e. The van der Waals surface area contributed by atoms with E-state index in [-0.39, 0.29) is 11.3 Å². The fourth-order valence-corrected chi connectivity index (χ4v) is 4.72. The standard InChI is InChI=1S/C22H23N5O/c28-21(20-13-24-16-25-20)26-10-7-22(8-11-26)15-27(18-5-3-9-23-12-18)14-17-4-1-2-6-19(17)22/h1-6,9,12-13,16H,7-8,10-11,14-15H2,(H,24,25). The van der Waals surface area contributed by atoms with Gasteiger partial charge in [0.25, 0.3) is 5.91 Å². The van der Waals surface area contributed by atoms with Gasteiger partial charge in [-0.15, -0.1) is 0 Å². The lowest BCUT2D eigenvalue weighted by atomic mass is 9.68. The number of benzene rings is 1. The third-order valence-corrected chi connectivity index (χ3v) is 6.19. The third-order valence-electron chi connectivity index (χ3n) is 6.19. The molecule has 0 bridgehead atoms. The Kier molecular flexibility index (Phi) is 4.11. The van der Waals surface area contributed by atoms with E-state index >= 15 is 0 Å². The first kappa shape index (κ1) is 17.0. The molecule has 0 aliphatic carbocycles. The van der Waals surface area contributed by atoms with Crippen LogP contribution < -0.4 is 4.90 Å². The number of anilines is 1. The second-order valence-electron chi connectivity index (χ2n) is 7.76. The SMILES string of the molecule is O=C(c1cnc[nH]1)N1CCC2(CC1)CN(c1cccnc1)Cc1ccccc12. The van der Waals surface area contributed by atoms with Crippen LogP contribution in [-0.4, -0.2) is 45.4 Å². The minimum atomic E-state index is 0.0422. The summed E-state index contributed by atoms with van der Waals surface area (Å²) in [7, 11) is 0. The molecule has 1 aromatic carbocycles. The highest BCUT2D eigenvalue weighted by molar-refractivity contribution is 5.92. The van der Waals surface area contributed by atoms with Crippen LogP contribution in [0.3, 0.4) is 0 Å². The van der Waals surface area contributed by atoms with Crippen molar-refractivity contribution in [2.75, 3.05) is 24.5 Å². The highest BCUT2D eigenvalue weighted by Gasteiger charge is 2.43. The molecule has 3 aromatic rings. The van der Waals surface area contributed by atoms with Gasteiger partial charge in [-0.2, -0.15) is 0 Å². The number of aromatic nitrogens is 3. The fraction of sp³-hybridized carbons (Fsp3) is 0.318. The van der Waals surface area contributed by atoms with E-state index in [4.69, 9.17) is 0 Å².